The number of nitrogens with zero attached hydrogens (tertiary/aromatic N) is 1. The van der Waals surface area contributed by atoms with E-state index in [4.69, 9.17) is 0 Å². The Bertz CT molecular complexity index is 881. The second-order valence-corrected chi connectivity index (χ2v) is 32.7. The molecule has 0 aromatic rings. The summed E-state index contributed by atoms with van der Waals surface area (Å²) in [6.45, 7) is 24.8. The SMILES string of the molecule is CCC[P+](CCC)(CCC)CCCCCC(=O)CCCN(CCNC(=O)CCCCC[P+](CCC)(CCC)CCC)CCNC(=O)CCCCC[P+](CCC)(CCC)CCC. The van der Waals surface area contributed by atoms with Gasteiger partial charge in [-0.2, -0.15) is 0 Å². The van der Waals surface area contributed by atoms with Gasteiger partial charge in [0.25, 0.3) is 0 Å². The van der Waals surface area contributed by atoms with E-state index in [2.05, 4.69) is 77.8 Å². The summed E-state index contributed by atoms with van der Waals surface area (Å²) in [5.74, 6) is 0.726. The summed E-state index contributed by atoms with van der Waals surface area (Å²) in [7, 11) is -2.43. The molecule has 0 bridgehead atoms. The summed E-state index contributed by atoms with van der Waals surface area (Å²) < 4.78 is 0. The van der Waals surface area contributed by atoms with Crippen molar-refractivity contribution < 1.29 is 14.4 Å². The van der Waals surface area contributed by atoms with E-state index in [0.29, 0.717) is 44.6 Å². The Morgan fingerprint density at radius 3 is 0.902 bits per heavy atom. The van der Waals surface area contributed by atoms with Crippen LogP contribution in [0.3, 0.4) is 0 Å². The number of carbonyl (C=O) groups excluding carboxylic acids is 3. The van der Waals surface area contributed by atoms with Crippen LogP contribution in [-0.2, 0) is 14.4 Å². The Labute approximate surface area is 384 Å². The first-order valence-electron chi connectivity index (χ1n) is 26.8. The summed E-state index contributed by atoms with van der Waals surface area (Å²) in [6, 6.07) is 0. The third-order valence-corrected chi connectivity index (χ3v) is 29.7. The largest absolute Gasteiger partial charge is 0.355 e. The van der Waals surface area contributed by atoms with Gasteiger partial charge in [0.15, 0.2) is 0 Å². The zero-order valence-corrected chi connectivity index (χ0v) is 45.5. The molecule has 0 aliphatic heterocycles. The highest BCUT2D eigenvalue weighted by atomic mass is 31.2. The number of rotatable bonds is 46. The summed E-state index contributed by atoms with van der Waals surface area (Å²) in [5, 5.41) is 6.41. The van der Waals surface area contributed by atoms with Gasteiger partial charge in [-0.05, 0) is 129 Å². The van der Waals surface area contributed by atoms with Gasteiger partial charge in [-0.1, -0.05) is 62.3 Å². The van der Waals surface area contributed by atoms with Gasteiger partial charge in [-0.15, -0.1) is 0 Å². The monoisotopic (exact) mass is 917 g/mol. The number of Topliss-reactive ketones (excluding diaryl/α,β-unsaturated/α-hetero) is 1. The molecule has 0 saturated heterocycles. The van der Waals surface area contributed by atoms with E-state index in [-0.39, 0.29) is 11.8 Å². The number of nitrogens with one attached hydrogen (secondary N) is 2. The Hall–Kier alpha value is -0.140. The molecule has 0 fully saturated rings. The van der Waals surface area contributed by atoms with Crippen molar-refractivity contribution in [3.05, 3.63) is 0 Å². The lowest BCUT2D eigenvalue weighted by molar-refractivity contribution is -0.121. The number of hydrogen-bond donors (Lipinski definition) is 2. The summed E-state index contributed by atoms with van der Waals surface area (Å²) in [5.41, 5.74) is 0. The number of unbranched alkanes of at least 4 members (excludes halogenated alkanes) is 6. The molecule has 0 heterocycles. The first kappa shape index (κ1) is 60.9. The minimum Gasteiger partial charge on any atom is -0.355 e. The predicted octanol–water partition coefficient (Wildman–Crippen LogP) is 14.3. The maximum absolute atomic E-state index is 13.0. The summed E-state index contributed by atoms with van der Waals surface area (Å²) in [4.78, 5) is 41.1. The lowest BCUT2D eigenvalue weighted by Gasteiger charge is -2.27. The Balaban J connectivity index is 4.97. The third kappa shape index (κ3) is 30.6. The van der Waals surface area contributed by atoms with Crippen LogP contribution < -0.4 is 10.6 Å². The van der Waals surface area contributed by atoms with Crippen LogP contribution in [0.5, 0.6) is 0 Å². The van der Waals surface area contributed by atoms with Crippen molar-refractivity contribution in [3.8, 4) is 0 Å². The average molecular weight is 917 g/mol. The van der Waals surface area contributed by atoms with Crippen LogP contribution in [0.25, 0.3) is 0 Å². The van der Waals surface area contributed by atoms with Crippen LogP contribution in [0.2, 0.25) is 0 Å². The van der Waals surface area contributed by atoms with Crippen LogP contribution >= 0.6 is 21.8 Å². The van der Waals surface area contributed by atoms with Crippen LogP contribution in [0.4, 0.5) is 0 Å². The average Bonchev–Trinajstić information content (AvgIpc) is 3.21. The minimum absolute atomic E-state index is 0.164. The van der Waals surface area contributed by atoms with Gasteiger partial charge in [-0.3, -0.25) is 19.3 Å². The standard InChI is InChI=1S/C52H107N3O3P3/c1-10-38-59(39-11-2,40-12-3)47-25-19-22-29-50(56)30-28-35-55(36-33-53-51(57)31-23-20-26-48-60(41-13-4,42-14-5)43-15-6)37-34-54-52(58)32-24-21-27-49-61(44-16-7,45-17-8)46-18-9/h10-49H2,1-9H3/q+1/p+2. The van der Waals surface area contributed by atoms with Crippen LogP contribution in [0.1, 0.15) is 210 Å². The number of ketones is 1. The third-order valence-electron chi connectivity index (χ3n) is 13.4. The quantitative estimate of drug-likeness (QED) is 0.0471. The highest BCUT2D eigenvalue weighted by Crippen LogP contribution is 2.62. The molecule has 0 aliphatic carbocycles. The van der Waals surface area contributed by atoms with Crippen molar-refractivity contribution in [1.29, 1.82) is 0 Å². The van der Waals surface area contributed by atoms with Gasteiger partial charge in [0.05, 0.1) is 73.9 Å². The highest BCUT2D eigenvalue weighted by molar-refractivity contribution is 7.76. The predicted molar refractivity (Wildman–Crippen MR) is 284 cm³/mol. The molecule has 2 N–H and O–H groups in total. The molecule has 6 nitrogen and oxygen atoms in total. The van der Waals surface area contributed by atoms with Crippen molar-refractivity contribution in [2.45, 2.75) is 210 Å². The molecule has 0 atom stereocenters. The number of carbonyl (C=O) groups is 3. The summed E-state index contributed by atoms with van der Waals surface area (Å²) >= 11 is 0. The topological polar surface area (TPSA) is 78.5 Å². The molecule has 0 unspecified atom stereocenters. The van der Waals surface area contributed by atoms with Crippen LogP contribution in [0, 0.1) is 0 Å². The molecular formula is C52H109N3O3P3+3. The molecule has 0 aromatic heterocycles. The lowest BCUT2D eigenvalue weighted by atomic mass is 10.1. The van der Waals surface area contributed by atoms with Gasteiger partial charge in [-0.25, -0.2) is 0 Å². The second-order valence-electron chi connectivity index (χ2n) is 19.3. The van der Waals surface area contributed by atoms with E-state index < -0.39 is 21.8 Å². The highest BCUT2D eigenvalue weighted by Gasteiger charge is 2.35. The number of hydrogen-bond acceptors (Lipinski definition) is 4. The van der Waals surface area contributed by atoms with Crippen LogP contribution in [0.15, 0.2) is 0 Å². The van der Waals surface area contributed by atoms with E-state index in [1.807, 2.05) is 0 Å². The van der Waals surface area contributed by atoms with E-state index >= 15 is 0 Å². The van der Waals surface area contributed by atoms with E-state index in [9.17, 15) is 14.4 Å². The smallest absolute Gasteiger partial charge is 0.220 e. The fourth-order valence-corrected chi connectivity index (χ4v) is 26.1. The maximum Gasteiger partial charge on any atom is 0.220 e. The number of amides is 2. The molecule has 0 spiro atoms. The molecule has 2 amide bonds. The Morgan fingerprint density at radius 1 is 0.328 bits per heavy atom. The molecule has 61 heavy (non-hydrogen) atoms. The molecular weight excluding hydrogens is 808 g/mol. The Kier molecular flexibility index (Phi) is 40.1. The van der Waals surface area contributed by atoms with Crippen molar-refractivity contribution in [3.63, 3.8) is 0 Å². The molecule has 362 valence electrons. The summed E-state index contributed by atoms with van der Waals surface area (Å²) in [6.07, 6.45) is 42.9. The minimum atomic E-state index is -0.815. The molecule has 0 rings (SSSR count). The van der Waals surface area contributed by atoms with Gasteiger partial charge in [0.2, 0.25) is 11.8 Å². The zero-order valence-electron chi connectivity index (χ0n) is 42.8. The molecule has 0 radical (unpaired) electrons. The van der Waals surface area contributed by atoms with Crippen molar-refractivity contribution in [1.82, 2.24) is 15.5 Å². The van der Waals surface area contributed by atoms with Crippen molar-refractivity contribution in [2.24, 2.45) is 0 Å². The first-order valence-corrected chi connectivity index (χ1v) is 34.4. The van der Waals surface area contributed by atoms with Crippen molar-refractivity contribution >= 4 is 39.4 Å². The fourth-order valence-electron chi connectivity index (χ4n) is 10.9. The van der Waals surface area contributed by atoms with Gasteiger partial charge < -0.3 is 10.6 Å². The normalized spacial score (nSPS) is 12.4. The van der Waals surface area contributed by atoms with Gasteiger partial charge >= 0.3 is 0 Å². The van der Waals surface area contributed by atoms with Gasteiger partial charge in [0.1, 0.15) is 5.78 Å². The van der Waals surface area contributed by atoms with Gasteiger partial charge in [0, 0.05) is 73.6 Å². The van der Waals surface area contributed by atoms with E-state index in [1.54, 1.807) is 0 Å². The molecule has 0 aromatic carbocycles. The zero-order chi connectivity index (χ0) is 45.5. The first-order chi connectivity index (χ1) is 29.5. The van der Waals surface area contributed by atoms with E-state index in [1.165, 1.54) is 157 Å². The van der Waals surface area contributed by atoms with Crippen molar-refractivity contribution in [2.75, 3.05) is 107 Å². The fraction of sp³-hybridized carbons (Fsp3) is 0.942. The molecule has 9 heteroatoms. The maximum atomic E-state index is 13.0. The molecule has 0 aliphatic rings. The second kappa shape index (κ2) is 40.2. The van der Waals surface area contributed by atoms with E-state index in [0.717, 1.165) is 58.2 Å². The lowest BCUT2D eigenvalue weighted by Crippen LogP contribution is -2.40. The van der Waals surface area contributed by atoms with Crippen LogP contribution in [-0.4, -0.2) is 129 Å². The molecule has 0 saturated carbocycles. The Morgan fingerprint density at radius 2 is 0.607 bits per heavy atom.